The molecule has 3 rings (SSSR count). The number of hydrogen-bond acceptors (Lipinski definition) is 3. The van der Waals surface area contributed by atoms with Crippen LogP contribution in [0.2, 0.25) is 0 Å². The standard InChI is InChI=1S/C18H21FN2OS/c19-16-8-4-3-7-14(16)11-15-12-20-18(23-15)21-17(22)10-9-13-5-1-2-6-13/h3-4,7-8,12-13H,1-2,5-6,9-11H2,(H,20,21,22). The molecule has 1 heterocycles. The molecule has 3 nitrogen and oxygen atoms in total. The maximum absolute atomic E-state index is 13.7. The van der Waals surface area contributed by atoms with Crippen LogP contribution in [0, 0.1) is 11.7 Å². The average Bonchev–Trinajstić information content (AvgIpc) is 3.19. The van der Waals surface area contributed by atoms with Gasteiger partial charge >= 0.3 is 0 Å². The van der Waals surface area contributed by atoms with Crippen LogP contribution >= 0.6 is 11.3 Å². The number of amides is 1. The predicted octanol–water partition coefficient (Wildman–Crippen LogP) is 4.78. The minimum Gasteiger partial charge on any atom is -0.302 e. The van der Waals surface area contributed by atoms with E-state index in [-0.39, 0.29) is 11.7 Å². The number of anilines is 1. The van der Waals surface area contributed by atoms with Crippen LogP contribution < -0.4 is 5.32 Å². The van der Waals surface area contributed by atoms with Gasteiger partial charge in [0.25, 0.3) is 0 Å². The molecule has 0 bridgehead atoms. The van der Waals surface area contributed by atoms with Crippen molar-refractivity contribution in [3.8, 4) is 0 Å². The molecular weight excluding hydrogens is 311 g/mol. The molecule has 1 fully saturated rings. The number of carbonyl (C=O) groups is 1. The summed E-state index contributed by atoms with van der Waals surface area (Å²) in [4.78, 5) is 17.2. The molecule has 5 heteroatoms. The molecule has 1 amide bonds. The fourth-order valence-corrected chi connectivity index (χ4v) is 3.94. The Balaban J connectivity index is 1.50. The summed E-state index contributed by atoms with van der Waals surface area (Å²) in [6.07, 6.45) is 8.88. The molecule has 0 radical (unpaired) electrons. The van der Waals surface area contributed by atoms with Crippen LogP contribution in [0.25, 0.3) is 0 Å². The van der Waals surface area contributed by atoms with Crippen molar-refractivity contribution < 1.29 is 9.18 Å². The molecule has 1 aromatic heterocycles. The van der Waals surface area contributed by atoms with Gasteiger partial charge in [0.2, 0.25) is 5.91 Å². The number of halogens is 1. The number of carbonyl (C=O) groups excluding carboxylic acids is 1. The summed E-state index contributed by atoms with van der Waals surface area (Å²) >= 11 is 1.41. The second-order valence-electron chi connectivity index (χ2n) is 6.14. The van der Waals surface area contributed by atoms with Gasteiger partial charge in [-0.2, -0.15) is 0 Å². The van der Waals surface area contributed by atoms with Crippen LogP contribution in [0.4, 0.5) is 9.52 Å². The van der Waals surface area contributed by atoms with Crippen LogP contribution in [0.3, 0.4) is 0 Å². The summed E-state index contributed by atoms with van der Waals surface area (Å²) in [5.41, 5.74) is 0.648. The third-order valence-electron chi connectivity index (χ3n) is 4.38. The largest absolute Gasteiger partial charge is 0.302 e. The number of benzene rings is 1. The predicted molar refractivity (Wildman–Crippen MR) is 91.1 cm³/mol. The van der Waals surface area contributed by atoms with Crippen molar-refractivity contribution in [2.24, 2.45) is 5.92 Å². The van der Waals surface area contributed by atoms with E-state index in [9.17, 15) is 9.18 Å². The lowest BCUT2D eigenvalue weighted by Crippen LogP contribution is -2.12. The molecule has 0 spiro atoms. The van der Waals surface area contributed by atoms with Crippen LogP contribution in [0.15, 0.2) is 30.5 Å². The third-order valence-corrected chi connectivity index (χ3v) is 5.29. The second kappa shape index (κ2) is 7.68. The van der Waals surface area contributed by atoms with E-state index in [1.165, 1.54) is 43.1 Å². The Kier molecular flexibility index (Phi) is 5.39. The zero-order valence-electron chi connectivity index (χ0n) is 13.1. The van der Waals surface area contributed by atoms with Gasteiger partial charge in [0.15, 0.2) is 5.13 Å². The van der Waals surface area contributed by atoms with Gasteiger partial charge in [0, 0.05) is 23.9 Å². The molecule has 1 aliphatic carbocycles. The van der Waals surface area contributed by atoms with E-state index < -0.39 is 0 Å². The molecule has 0 atom stereocenters. The third kappa shape index (κ3) is 4.61. The van der Waals surface area contributed by atoms with Gasteiger partial charge in [-0.3, -0.25) is 4.79 Å². The van der Waals surface area contributed by atoms with Crippen LogP contribution in [-0.2, 0) is 11.2 Å². The highest BCUT2D eigenvalue weighted by Gasteiger charge is 2.16. The number of nitrogens with one attached hydrogen (secondary N) is 1. The number of rotatable bonds is 6. The SMILES string of the molecule is O=C(CCC1CCCC1)Nc1ncc(Cc2ccccc2F)s1. The van der Waals surface area contributed by atoms with Gasteiger partial charge in [-0.15, -0.1) is 11.3 Å². The quantitative estimate of drug-likeness (QED) is 0.827. The monoisotopic (exact) mass is 332 g/mol. The first kappa shape index (κ1) is 16.1. The number of thiazole rings is 1. The fourth-order valence-electron chi connectivity index (χ4n) is 3.09. The highest BCUT2D eigenvalue weighted by atomic mass is 32.1. The lowest BCUT2D eigenvalue weighted by Gasteiger charge is -2.07. The second-order valence-corrected chi connectivity index (χ2v) is 7.25. The minimum absolute atomic E-state index is 0.0312. The summed E-state index contributed by atoms with van der Waals surface area (Å²) in [7, 11) is 0. The zero-order chi connectivity index (χ0) is 16.1. The lowest BCUT2D eigenvalue weighted by molar-refractivity contribution is -0.116. The maximum atomic E-state index is 13.7. The van der Waals surface area contributed by atoms with E-state index in [2.05, 4.69) is 10.3 Å². The number of aromatic nitrogens is 1. The smallest absolute Gasteiger partial charge is 0.226 e. The Morgan fingerprint density at radius 3 is 2.87 bits per heavy atom. The van der Waals surface area contributed by atoms with Crippen molar-refractivity contribution in [2.45, 2.75) is 44.9 Å². The molecule has 1 saturated carbocycles. The minimum atomic E-state index is -0.206. The topological polar surface area (TPSA) is 42.0 Å². The normalized spacial score (nSPS) is 15.0. The van der Waals surface area contributed by atoms with E-state index in [1.54, 1.807) is 18.3 Å². The summed E-state index contributed by atoms with van der Waals surface area (Å²) in [5.74, 6) is 0.542. The molecular formula is C18H21FN2OS. The Morgan fingerprint density at radius 1 is 1.30 bits per heavy atom. The lowest BCUT2D eigenvalue weighted by atomic mass is 10.0. The summed E-state index contributed by atoms with van der Waals surface area (Å²) < 4.78 is 13.7. The van der Waals surface area contributed by atoms with Crippen molar-refractivity contribution in [2.75, 3.05) is 5.32 Å². The first-order valence-electron chi connectivity index (χ1n) is 8.18. The van der Waals surface area contributed by atoms with Crippen LogP contribution in [0.5, 0.6) is 0 Å². The van der Waals surface area contributed by atoms with Gasteiger partial charge in [0.1, 0.15) is 5.82 Å². The van der Waals surface area contributed by atoms with Gasteiger partial charge in [0.05, 0.1) is 0 Å². The van der Waals surface area contributed by atoms with E-state index in [0.717, 1.165) is 11.3 Å². The molecule has 1 N–H and O–H groups in total. The maximum Gasteiger partial charge on any atom is 0.226 e. The van der Waals surface area contributed by atoms with Crippen LogP contribution in [0.1, 0.15) is 49.0 Å². The first-order valence-corrected chi connectivity index (χ1v) is 9.00. The van der Waals surface area contributed by atoms with Crippen LogP contribution in [-0.4, -0.2) is 10.9 Å². The highest BCUT2D eigenvalue weighted by molar-refractivity contribution is 7.15. The number of hydrogen-bond donors (Lipinski definition) is 1. The average molecular weight is 332 g/mol. The van der Waals surface area contributed by atoms with Crippen molar-refractivity contribution in [1.82, 2.24) is 4.98 Å². The van der Waals surface area contributed by atoms with Gasteiger partial charge in [-0.25, -0.2) is 9.37 Å². The summed E-state index contributed by atoms with van der Waals surface area (Å²) in [6.45, 7) is 0. The summed E-state index contributed by atoms with van der Waals surface area (Å²) in [6, 6.07) is 6.74. The molecule has 23 heavy (non-hydrogen) atoms. The molecule has 1 aliphatic rings. The fraction of sp³-hybridized carbons (Fsp3) is 0.444. The van der Waals surface area contributed by atoms with Gasteiger partial charge < -0.3 is 5.32 Å². The van der Waals surface area contributed by atoms with Gasteiger partial charge in [-0.05, 0) is 24.0 Å². The van der Waals surface area contributed by atoms with Crippen molar-refractivity contribution in [3.63, 3.8) is 0 Å². The Hall–Kier alpha value is -1.75. The molecule has 2 aromatic rings. The highest BCUT2D eigenvalue weighted by Crippen LogP contribution is 2.29. The molecule has 0 saturated heterocycles. The molecule has 122 valence electrons. The van der Waals surface area contributed by atoms with E-state index in [0.29, 0.717) is 29.5 Å². The first-order chi connectivity index (χ1) is 11.2. The van der Waals surface area contributed by atoms with E-state index in [1.807, 2.05) is 6.07 Å². The van der Waals surface area contributed by atoms with Crippen molar-refractivity contribution >= 4 is 22.4 Å². The zero-order valence-corrected chi connectivity index (χ0v) is 13.9. The molecule has 1 aromatic carbocycles. The van der Waals surface area contributed by atoms with Gasteiger partial charge in [-0.1, -0.05) is 43.9 Å². The van der Waals surface area contributed by atoms with E-state index >= 15 is 0 Å². The molecule has 0 aliphatic heterocycles. The molecule has 0 unspecified atom stereocenters. The van der Waals surface area contributed by atoms with Crippen molar-refractivity contribution in [3.05, 3.63) is 46.7 Å². The van der Waals surface area contributed by atoms with Crippen molar-refractivity contribution in [1.29, 1.82) is 0 Å². The Labute approximate surface area is 140 Å². The number of nitrogens with zero attached hydrogens (tertiary/aromatic N) is 1. The Bertz CT molecular complexity index is 665. The summed E-state index contributed by atoms with van der Waals surface area (Å²) in [5, 5.41) is 3.47. The Morgan fingerprint density at radius 2 is 2.09 bits per heavy atom. The van der Waals surface area contributed by atoms with E-state index in [4.69, 9.17) is 0 Å².